The van der Waals surface area contributed by atoms with Crippen molar-refractivity contribution in [2.45, 2.75) is 12.8 Å². The van der Waals surface area contributed by atoms with Crippen molar-refractivity contribution in [3.63, 3.8) is 0 Å². The van der Waals surface area contributed by atoms with E-state index < -0.39 is 11.9 Å². The number of urea groups is 1. The summed E-state index contributed by atoms with van der Waals surface area (Å²) in [6.45, 7) is 0.623. The topological polar surface area (TPSA) is 49.4 Å². The molecular weight excluding hydrogens is 240 g/mol. The van der Waals surface area contributed by atoms with Crippen LogP contribution in [0.2, 0.25) is 0 Å². The lowest BCUT2D eigenvalue weighted by molar-refractivity contribution is -0.117. The van der Waals surface area contributed by atoms with Crippen LogP contribution in [0, 0.1) is 0 Å². The van der Waals surface area contributed by atoms with Gasteiger partial charge in [-0.25, -0.2) is 4.79 Å². The van der Waals surface area contributed by atoms with Gasteiger partial charge in [0.2, 0.25) is 5.91 Å². The molecule has 1 aromatic rings. The second-order valence-corrected chi connectivity index (χ2v) is 4.14. The van der Waals surface area contributed by atoms with Crippen molar-refractivity contribution >= 4 is 29.2 Å². The molecule has 4 nitrogen and oxygen atoms in total. The van der Waals surface area contributed by atoms with Gasteiger partial charge in [0.15, 0.2) is 0 Å². The quantitative estimate of drug-likeness (QED) is 0.777. The summed E-state index contributed by atoms with van der Waals surface area (Å²) in [6, 6.07) is 7.32. The van der Waals surface area contributed by atoms with Crippen LogP contribution in [0.3, 0.4) is 0 Å². The van der Waals surface area contributed by atoms with Gasteiger partial charge in [-0.15, -0.1) is 11.6 Å². The van der Waals surface area contributed by atoms with Gasteiger partial charge in [-0.3, -0.25) is 15.0 Å². The maximum Gasteiger partial charge on any atom is 0.328 e. The van der Waals surface area contributed by atoms with Crippen LogP contribution in [0.25, 0.3) is 0 Å². The summed E-state index contributed by atoms with van der Waals surface area (Å²) < 4.78 is 0. The molecule has 0 aromatic heterocycles. The molecule has 90 valence electrons. The van der Waals surface area contributed by atoms with Crippen molar-refractivity contribution in [2.75, 3.05) is 17.3 Å². The number of rotatable bonds is 1. The first-order chi connectivity index (χ1) is 8.22. The van der Waals surface area contributed by atoms with E-state index in [0.717, 1.165) is 24.1 Å². The molecule has 1 aromatic carbocycles. The number of imide groups is 1. The molecule has 17 heavy (non-hydrogen) atoms. The Morgan fingerprint density at radius 3 is 2.88 bits per heavy atom. The van der Waals surface area contributed by atoms with E-state index in [4.69, 9.17) is 11.6 Å². The Morgan fingerprint density at radius 1 is 1.35 bits per heavy atom. The third kappa shape index (κ3) is 2.58. The summed E-state index contributed by atoms with van der Waals surface area (Å²) in [6.07, 6.45) is 1.86. The number of alkyl halides is 1. The molecule has 3 amide bonds. The summed E-state index contributed by atoms with van der Waals surface area (Å²) in [5, 5.41) is 2.26. The van der Waals surface area contributed by atoms with E-state index in [9.17, 15) is 9.59 Å². The van der Waals surface area contributed by atoms with Gasteiger partial charge in [-0.05, 0) is 24.5 Å². The average Bonchev–Trinajstić information content (AvgIpc) is 2.37. The number of halogens is 1. The van der Waals surface area contributed by atoms with Gasteiger partial charge in [-0.1, -0.05) is 18.2 Å². The number of nitrogens with zero attached hydrogens (tertiary/aromatic N) is 1. The number of amides is 3. The zero-order valence-electron chi connectivity index (χ0n) is 9.28. The van der Waals surface area contributed by atoms with Gasteiger partial charge < -0.3 is 0 Å². The number of fused-ring (bicyclic) bond motifs is 1. The Bertz CT molecular complexity index is 448. The number of para-hydroxylation sites is 1. The molecular formula is C12H13ClN2O2. The van der Waals surface area contributed by atoms with E-state index in [2.05, 4.69) is 5.32 Å². The number of hydrogen-bond donors (Lipinski definition) is 1. The first-order valence-corrected chi connectivity index (χ1v) is 6.01. The smallest absolute Gasteiger partial charge is 0.294 e. The van der Waals surface area contributed by atoms with Crippen molar-refractivity contribution in [3.8, 4) is 0 Å². The Kier molecular flexibility index (Phi) is 3.64. The van der Waals surface area contributed by atoms with Crippen molar-refractivity contribution in [2.24, 2.45) is 0 Å². The van der Waals surface area contributed by atoms with Crippen LogP contribution in [0.5, 0.6) is 0 Å². The van der Waals surface area contributed by atoms with Crippen molar-refractivity contribution in [1.29, 1.82) is 0 Å². The maximum atomic E-state index is 11.9. The molecule has 0 aliphatic carbocycles. The van der Waals surface area contributed by atoms with Gasteiger partial charge in [0, 0.05) is 12.2 Å². The van der Waals surface area contributed by atoms with Crippen LogP contribution >= 0.6 is 11.6 Å². The molecule has 2 rings (SSSR count). The summed E-state index contributed by atoms with van der Waals surface area (Å²) in [4.78, 5) is 24.5. The second-order valence-electron chi connectivity index (χ2n) is 3.87. The molecule has 1 heterocycles. The van der Waals surface area contributed by atoms with Crippen LogP contribution in [-0.4, -0.2) is 24.4 Å². The minimum atomic E-state index is -0.472. The summed E-state index contributed by atoms with van der Waals surface area (Å²) >= 11 is 5.35. The average molecular weight is 253 g/mol. The zero-order chi connectivity index (χ0) is 12.3. The second kappa shape index (κ2) is 5.19. The third-order valence-electron chi connectivity index (χ3n) is 2.72. The zero-order valence-corrected chi connectivity index (χ0v) is 10.0. The predicted molar refractivity (Wildman–Crippen MR) is 66.4 cm³/mol. The number of carbonyl (C=O) groups excluding carboxylic acids is 2. The van der Waals surface area contributed by atoms with Gasteiger partial charge in [0.1, 0.15) is 5.88 Å². The molecule has 1 N–H and O–H groups in total. The molecule has 5 heteroatoms. The van der Waals surface area contributed by atoms with Crippen LogP contribution in [0.15, 0.2) is 24.3 Å². The van der Waals surface area contributed by atoms with Crippen LogP contribution < -0.4 is 10.2 Å². The van der Waals surface area contributed by atoms with Gasteiger partial charge >= 0.3 is 6.03 Å². The maximum absolute atomic E-state index is 11.9. The fraction of sp³-hybridized carbons (Fsp3) is 0.333. The lowest BCUT2D eigenvalue weighted by Crippen LogP contribution is -2.45. The number of benzene rings is 1. The summed E-state index contributed by atoms with van der Waals surface area (Å²) in [5.41, 5.74) is 2.01. The summed E-state index contributed by atoms with van der Waals surface area (Å²) in [5.74, 6) is -0.680. The molecule has 0 atom stereocenters. The number of carbonyl (C=O) groups is 2. The Hall–Kier alpha value is -1.55. The van der Waals surface area contributed by atoms with E-state index in [1.54, 1.807) is 4.90 Å². The van der Waals surface area contributed by atoms with E-state index >= 15 is 0 Å². The predicted octanol–water partition coefficient (Wildman–Crippen LogP) is 1.91. The highest BCUT2D eigenvalue weighted by atomic mass is 35.5. The first kappa shape index (κ1) is 11.9. The van der Waals surface area contributed by atoms with Gasteiger partial charge in [0.05, 0.1) is 0 Å². The molecule has 0 bridgehead atoms. The lowest BCUT2D eigenvalue weighted by atomic mass is 10.0. The van der Waals surface area contributed by atoms with Gasteiger partial charge in [0.25, 0.3) is 0 Å². The van der Waals surface area contributed by atoms with E-state index in [0.29, 0.717) is 6.54 Å². The highest BCUT2D eigenvalue weighted by Crippen LogP contribution is 2.26. The highest BCUT2D eigenvalue weighted by Gasteiger charge is 2.22. The Morgan fingerprint density at radius 2 is 2.12 bits per heavy atom. The van der Waals surface area contributed by atoms with Gasteiger partial charge in [-0.2, -0.15) is 0 Å². The van der Waals surface area contributed by atoms with E-state index in [1.165, 1.54) is 0 Å². The minimum absolute atomic E-state index is 0.207. The van der Waals surface area contributed by atoms with E-state index in [-0.39, 0.29) is 5.88 Å². The Balaban J connectivity index is 2.18. The lowest BCUT2D eigenvalue weighted by Gasteiger charge is -2.29. The minimum Gasteiger partial charge on any atom is -0.294 e. The van der Waals surface area contributed by atoms with Crippen molar-refractivity contribution in [3.05, 3.63) is 29.8 Å². The molecule has 0 spiro atoms. The molecule has 0 saturated carbocycles. The fourth-order valence-electron chi connectivity index (χ4n) is 1.96. The first-order valence-electron chi connectivity index (χ1n) is 5.47. The monoisotopic (exact) mass is 252 g/mol. The summed E-state index contributed by atoms with van der Waals surface area (Å²) in [7, 11) is 0. The van der Waals surface area contributed by atoms with Crippen molar-refractivity contribution < 1.29 is 9.59 Å². The van der Waals surface area contributed by atoms with Crippen LogP contribution in [0.1, 0.15) is 12.0 Å². The molecule has 0 radical (unpaired) electrons. The van der Waals surface area contributed by atoms with Crippen LogP contribution in [-0.2, 0) is 11.2 Å². The molecule has 0 unspecified atom stereocenters. The number of hydrogen-bond acceptors (Lipinski definition) is 2. The van der Waals surface area contributed by atoms with E-state index in [1.807, 2.05) is 24.3 Å². The standard InChI is InChI=1S/C12H13ClN2O2/c13-8-11(16)14-12(17)15-7-3-5-9-4-1-2-6-10(9)15/h1-2,4,6H,3,5,7-8H2,(H,14,16,17). The number of anilines is 1. The SMILES string of the molecule is O=C(CCl)NC(=O)N1CCCc2ccccc21. The molecule has 1 aliphatic rings. The third-order valence-corrected chi connectivity index (χ3v) is 2.97. The molecule has 0 fully saturated rings. The Labute approximate surface area is 105 Å². The van der Waals surface area contributed by atoms with Crippen molar-refractivity contribution in [1.82, 2.24) is 5.32 Å². The normalized spacial score (nSPS) is 14.1. The fourth-order valence-corrected chi connectivity index (χ4v) is 2.03. The largest absolute Gasteiger partial charge is 0.328 e. The number of nitrogens with one attached hydrogen (secondary N) is 1. The highest BCUT2D eigenvalue weighted by molar-refractivity contribution is 6.28. The molecule has 0 saturated heterocycles. The number of aryl methyl sites for hydroxylation is 1. The molecule has 1 aliphatic heterocycles. The van der Waals surface area contributed by atoms with Crippen LogP contribution in [0.4, 0.5) is 10.5 Å².